The number of hydrogen-bond donors (Lipinski definition) is 2. The Labute approximate surface area is 177 Å². The van der Waals surface area contributed by atoms with Crippen molar-refractivity contribution < 1.29 is 9.13 Å². The maximum absolute atomic E-state index is 13.3. The smallest absolute Gasteiger partial charge is 0.191 e. The van der Waals surface area contributed by atoms with E-state index in [1.54, 1.807) is 19.2 Å². The van der Waals surface area contributed by atoms with Gasteiger partial charge in [-0.1, -0.05) is 13.0 Å². The van der Waals surface area contributed by atoms with Gasteiger partial charge in [-0.25, -0.2) is 4.39 Å². The van der Waals surface area contributed by atoms with E-state index in [4.69, 9.17) is 4.74 Å². The van der Waals surface area contributed by atoms with E-state index in [2.05, 4.69) is 20.7 Å². The molecule has 0 radical (unpaired) electrons. The Morgan fingerprint density at radius 2 is 2.19 bits per heavy atom. The van der Waals surface area contributed by atoms with E-state index >= 15 is 0 Å². The normalized spacial score (nSPS) is 12.2. The molecule has 0 aliphatic heterocycles. The summed E-state index contributed by atoms with van der Waals surface area (Å²) in [4.78, 5) is 4.22. The van der Waals surface area contributed by atoms with Gasteiger partial charge in [0, 0.05) is 32.4 Å². The third-order valence-electron chi connectivity index (χ3n) is 3.89. The molecule has 0 bridgehead atoms. The number of aryl methyl sites for hydroxylation is 2. The van der Waals surface area contributed by atoms with Crippen LogP contribution in [0.25, 0.3) is 0 Å². The van der Waals surface area contributed by atoms with E-state index in [9.17, 15) is 4.39 Å². The number of nitrogens with one attached hydrogen (secondary N) is 2. The molecule has 1 aromatic heterocycles. The number of rotatable bonds is 9. The summed E-state index contributed by atoms with van der Waals surface area (Å²) in [6, 6.07) is 6.21. The summed E-state index contributed by atoms with van der Waals surface area (Å²) in [6.45, 7) is 6.31. The van der Waals surface area contributed by atoms with Crippen LogP contribution in [0.4, 0.5) is 4.39 Å². The third kappa shape index (κ3) is 8.59. The van der Waals surface area contributed by atoms with Gasteiger partial charge < -0.3 is 15.4 Å². The molecule has 0 saturated carbocycles. The Morgan fingerprint density at radius 3 is 2.81 bits per heavy atom. The standard InChI is InChI=1S/C19H28FN5O.HI/c1-4-17(26-18-8-5-7-16(20)11-18)13-23-19(21-3)22-9-6-10-25-14-15(2)12-24-25;/h5,7-8,11-12,14,17H,4,6,9-10,13H2,1-3H3,(H2,21,22,23);1H. The van der Waals surface area contributed by atoms with Crippen molar-refractivity contribution in [3.63, 3.8) is 0 Å². The minimum Gasteiger partial charge on any atom is -0.489 e. The highest BCUT2D eigenvalue weighted by atomic mass is 127. The fourth-order valence-corrected chi connectivity index (χ4v) is 2.47. The second kappa shape index (κ2) is 12.5. The van der Waals surface area contributed by atoms with Crippen molar-refractivity contribution in [1.82, 2.24) is 20.4 Å². The lowest BCUT2D eigenvalue weighted by Crippen LogP contribution is -2.42. The number of hydrogen-bond acceptors (Lipinski definition) is 3. The van der Waals surface area contributed by atoms with Crippen molar-refractivity contribution in [2.75, 3.05) is 20.1 Å². The van der Waals surface area contributed by atoms with Crippen LogP contribution < -0.4 is 15.4 Å². The fourth-order valence-electron chi connectivity index (χ4n) is 2.47. The molecule has 8 heteroatoms. The monoisotopic (exact) mass is 489 g/mol. The highest BCUT2D eigenvalue weighted by Gasteiger charge is 2.10. The van der Waals surface area contributed by atoms with Crippen LogP contribution in [0.2, 0.25) is 0 Å². The molecular formula is C19H29FIN5O. The zero-order valence-electron chi connectivity index (χ0n) is 16.1. The average molecular weight is 489 g/mol. The zero-order valence-corrected chi connectivity index (χ0v) is 18.4. The van der Waals surface area contributed by atoms with Crippen LogP contribution in [-0.4, -0.2) is 42.0 Å². The van der Waals surface area contributed by atoms with Gasteiger partial charge in [0.1, 0.15) is 17.7 Å². The summed E-state index contributed by atoms with van der Waals surface area (Å²) in [5.74, 6) is 0.967. The van der Waals surface area contributed by atoms with Crippen molar-refractivity contribution >= 4 is 29.9 Å². The van der Waals surface area contributed by atoms with Gasteiger partial charge in [0.05, 0.1) is 12.7 Å². The lowest BCUT2D eigenvalue weighted by molar-refractivity contribution is 0.199. The predicted molar refractivity (Wildman–Crippen MR) is 117 cm³/mol. The number of ether oxygens (including phenoxy) is 1. The molecule has 1 heterocycles. The largest absolute Gasteiger partial charge is 0.489 e. The summed E-state index contributed by atoms with van der Waals surface area (Å²) >= 11 is 0. The van der Waals surface area contributed by atoms with Gasteiger partial charge in [0.15, 0.2) is 5.96 Å². The summed E-state index contributed by atoms with van der Waals surface area (Å²) in [6.07, 6.45) is 5.57. The van der Waals surface area contributed by atoms with E-state index in [1.165, 1.54) is 17.7 Å². The molecule has 1 aromatic carbocycles. The van der Waals surface area contributed by atoms with E-state index in [0.717, 1.165) is 31.9 Å². The molecule has 0 fully saturated rings. The van der Waals surface area contributed by atoms with Crippen LogP contribution in [0.1, 0.15) is 25.3 Å². The molecule has 0 saturated heterocycles. The Hall–Kier alpha value is -1.84. The highest BCUT2D eigenvalue weighted by Crippen LogP contribution is 2.14. The lowest BCUT2D eigenvalue weighted by Gasteiger charge is -2.20. The van der Waals surface area contributed by atoms with Crippen molar-refractivity contribution in [1.29, 1.82) is 0 Å². The maximum atomic E-state index is 13.3. The molecular weight excluding hydrogens is 460 g/mol. The van der Waals surface area contributed by atoms with Gasteiger partial charge in [0.2, 0.25) is 0 Å². The van der Waals surface area contributed by atoms with Crippen molar-refractivity contribution in [2.45, 2.75) is 39.3 Å². The van der Waals surface area contributed by atoms with Gasteiger partial charge in [-0.15, -0.1) is 24.0 Å². The van der Waals surface area contributed by atoms with E-state index < -0.39 is 0 Å². The second-order valence-electron chi connectivity index (χ2n) is 6.12. The van der Waals surface area contributed by atoms with Crippen LogP contribution in [-0.2, 0) is 6.54 Å². The first-order chi connectivity index (χ1) is 12.6. The molecule has 0 amide bonds. The molecule has 2 N–H and O–H groups in total. The molecule has 0 spiro atoms. The molecule has 0 aliphatic carbocycles. The van der Waals surface area contributed by atoms with Crippen molar-refractivity contribution in [3.05, 3.63) is 48.0 Å². The molecule has 150 valence electrons. The number of nitrogens with zero attached hydrogens (tertiary/aromatic N) is 3. The fraction of sp³-hybridized carbons (Fsp3) is 0.474. The summed E-state index contributed by atoms with van der Waals surface area (Å²) in [7, 11) is 1.74. The maximum Gasteiger partial charge on any atom is 0.191 e. The third-order valence-corrected chi connectivity index (χ3v) is 3.89. The second-order valence-corrected chi connectivity index (χ2v) is 6.12. The van der Waals surface area contributed by atoms with Gasteiger partial charge >= 0.3 is 0 Å². The Balaban J connectivity index is 0.00000364. The van der Waals surface area contributed by atoms with E-state index in [-0.39, 0.29) is 35.9 Å². The number of guanidine groups is 1. The quantitative estimate of drug-likeness (QED) is 0.246. The van der Waals surface area contributed by atoms with Gasteiger partial charge in [0.25, 0.3) is 0 Å². The number of benzene rings is 1. The Bertz CT molecular complexity index is 707. The van der Waals surface area contributed by atoms with E-state index in [0.29, 0.717) is 12.3 Å². The molecule has 0 aliphatic rings. The number of aliphatic imine (C=N–C) groups is 1. The van der Waals surface area contributed by atoms with Crippen LogP contribution in [0.3, 0.4) is 0 Å². The SMILES string of the molecule is CCC(CNC(=NC)NCCCn1cc(C)cn1)Oc1cccc(F)c1.I. The molecule has 6 nitrogen and oxygen atoms in total. The number of halogens is 2. The molecule has 1 unspecified atom stereocenters. The van der Waals surface area contributed by atoms with E-state index in [1.807, 2.05) is 30.9 Å². The van der Waals surface area contributed by atoms with Crippen LogP contribution >= 0.6 is 24.0 Å². The topological polar surface area (TPSA) is 63.5 Å². The van der Waals surface area contributed by atoms with Crippen LogP contribution in [0.15, 0.2) is 41.7 Å². The number of aromatic nitrogens is 2. The highest BCUT2D eigenvalue weighted by molar-refractivity contribution is 14.0. The molecule has 27 heavy (non-hydrogen) atoms. The minimum atomic E-state index is -0.296. The first-order valence-corrected chi connectivity index (χ1v) is 8.96. The summed E-state index contributed by atoms with van der Waals surface area (Å²) in [5, 5.41) is 10.8. The van der Waals surface area contributed by atoms with Gasteiger partial charge in [-0.2, -0.15) is 5.10 Å². The van der Waals surface area contributed by atoms with Gasteiger partial charge in [-0.3, -0.25) is 9.67 Å². The lowest BCUT2D eigenvalue weighted by atomic mass is 10.2. The molecule has 2 rings (SSSR count). The summed E-state index contributed by atoms with van der Waals surface area (Å²) in [5.41, 5.74) is 1.17. The Kier molecular flexibility index (Phi) is 10.8. The Morgan fingerprint density at radius 1 is 1.37 bits per heavy atom. The van der Waals surface area contributed by atoms with Crippen LogP contribution in [0.5, 0.6) is 5.75 Å². The average Bonchev–Trinajstić information content (AvgIpc) is 3.05. The first-order valence-electron chi connectivity index (χ1n) is 8.96. The van der Waals surface area contributed by atoms with Crippen LogP contribution in [0, 0.1) is 12.7 Å². The van der Waals surface area contributed by atoms with Crippen molar-refractivity contribution in [3.8, 4) is 5.75 Å². The first kappa shape index (κ1) is 23.2. The predicted octanol–water partition coefficient (Wildman–Crippen LogP) is 3.36. The molecule has 1 atom stereocenters. The summed E-state index contributed by atoms with van der Waals surface area (Å²) < 4.78 is 21.0. The van der Waals surface area contributed by atoms with Crippen molar-refractivity contribution in [2.24, 2.45) is 4.99 Å². The molecule has 2 aromatic rings. The minimum absolute atomic E-state index is 0. The van der Waals surface area contributed by atoms with Gasteiger partial charge in [-0.05, 0) is 37.5 Å². The zero-order chi connectivity index (χ0) is 18.8.